The fourth-order valence-electron chi connectivity index (χ4n) is 3.93. The van der Waals surface area contributed by atoms with Crippen LogP contribution in [0.15, 0.2) is 0 Å². The quantitative estimate of drug-likeness (QED) is 0.581. The minimum absolute atomic E-state index is 0.910. The van der Waals surface area contributed by atoms with Gasteiger partial charge in [-0.1, -0.05) is 19.3 Å². The van der Waals surface area contributed by atoms with Crippen LogP contribution in [0.2, 0.25) is 0 Å². The van der Waals surface area contributed by atoms with Crippen LogP contribution >= 0.6 is 0 Å². The fraction of sp³-hybridized carbons (Fsp3) is 1.00. The lowest BCUT2D eigenvalue weighted by Gasteiger charge is -2.25. The van der Waals surface area contributed by atoms with Gasteiger partial charge in [0.05, 0.1) is 6.67 Å². The summed E-state index contributed by atoms with van der Waals surface area (Å²) in [5.41, 5.74) is 0. The summed E-state index contributed by atoms with van der Waals surface area (Å²) in [5, 5.41) is 0. The molecule has 2 heteroatoms. The molecule has 0 radical (unpaired) electrons. The largest absolute Gasteiger partial charge is 0.292 e. The average molecular weight is 194 g/mol. The first-order valence-electron chi connectivity index (χ1n) is 6.29. The van der Waals surface area contributed by atoms with Gasteiger partial charge in [0.1, 0.15) is 0 Å². The Hall–Kier alpha value is -0.0800. The maximum Gasteiger partial charge on any atom is 0.0510 e. The third kappa shape index (κ3) is 1.40. The van der Waals surface area contributed by atoms with Crippen molar-refractivity contribution in [3.8, 4) is 0 Å². The maximum absolute atomic E-state index is 2.80. The van der Waals surface area contributed by atoms with Gasteiger partial charge in [0.15, 0.2) is 0 Å². The molecule has 0 aromatic carbocycles. The predicted molar refractivity (Wildman–Crippen MR) is 58.1 cm³/mol. The van der Waals surface area contributed by atoms with Crippen LogP contribution < -0.4 is 0 Å². The molecule has 3 rings (SSSR count). The molecule has 3 fully saturated rings. The molecule has 1 saturated carbocycles. The lowest BCUT2D eigenvalue weighted by atomic mass is 9.94. The van der Waals surface area contributed by atoms with Crippen molar-refractivity contribution < 1.29 is 0 Å². The zero-order chi connectivity index (χ0) is 9.54. The van der Waals surface area contributed by atoms with Gasteiger partial charge in [0.2, 0.25) is 0 Å². The van der Waals surface area contributed by atoms with Crippen LogP contribution in [0.25, 0.3) is 0 Å². The highest BCUT2D eigenvalue weighted by Gasteiger charge is 2.44. The Labute approximate surface area is 87.3 Å². The summed E-state index contributed by atoms with van der Waals surface area (Å²) in [7, 11) is 2.27. The first kappa shape index (κ1) is 9.17. The lowest BCUT2D eigenvalue weighted by molar-refractivity contribution is 0.184. The van der Waals surface area contributed by atoms with Gasteiger partial charge >= 0.3 is 0 Å². The van der Waals surface area contributed by atoms with Crippen molar-refractivity contribution in [2.24, 2.45) is 5.92 Å². The van der Waals surface area contributed by atoms with E-state index in [1.165, 1.54) is 51.7 Å². The van der Waals surface area contributed by atoms with Crippen molar-refractivity contribution in [1.82, 2.24) is 9.80 Å². The average Bonchev–Trinajstić information content (AvgIpc) is 2.55. The first-order chi connectivity index (χ1) is 6.84. The van der Waals surface area contributed by atoms with Gasteiger partial charge in [0.25, 0.3) is 0 Å². The van der Waals surface area contributed by atoms with E-state index < -0.39 is 0 Å². The van der Waals surface area contributed by atoms with E-state index in [4.69, 9.17) is 0 Å². The molecule has 14 heavy (non-hydrogen) atoms. The van der Waals surface area contributed by atoms with E-state index in [1.54, 1.807) is 0 Å². The highest BCUT2D eigenvalue weighted by Crippen LogP contribution is 2.40. The number of nitrogens with zero attached hydrogens (tertiary/aromatic N) is 2. The van der Waals surface area contributed by atoms with E-state index in [-0.39, 0.29) is 0 Å². The van der Waals surface area contributed by atoms with E-state index in [0.717, 1.165) is 18.0 Å². The summed E-state index contributed by atoms with van der Waals surface area (Å²) in [6.07, 6.45) is 8.96. The molecule has 3 atom stereocenters. The van der Waals surface area contributed by atoms with Crippen LogP contribution in [0.5, 0.6) is 0 Å². The van der Waals surface area contributed by atoms with E-state index in [1.807, 2.05) is 0 Å². The van der Waals surface area contributed by atoms with Crippen LogP contribution in [-0.2, 0) is 0 Å². The van der Waals surface area contributed by atoms with Crippen LogP contribution in [0, 0.1) is 5.92 Å². The van der Waals surface area contributed by atoms with Crippen LogP contribution in [0.1, 0.15) is 38.5 Å². The molecule has 0 N–H and O–H groups in total. The minimum Gasteiger partial charge on any atom is -0.292 e. The van der Waals surface area contributed by atoms with Gasteiger partial charge in [-0.15, -0.1) is 0 Å². The molecule has 2 nitrogen and oxygen atoms in total. The van der Waals surface area contributed by atoms with E-state index >= 15 is 0 Å². The number of hydrogen-bond acceptors (Lipinski definition) is 2. The lowest BCUT2D eigenvalue weighted by Crippen LogP contribution is -2.34. The van der Waals surface area contributed by atoms with Crippen LogP contribution in [-0.4, -0.2) is 42.1 Å². The second-order valence-corrected chi connectivity index (χ2v) is 5.55. The number of hydrogen-bond donors (Lipinski definition) is 0. The minimum atomic E-state index is 0.910. The highest BCUT2D eigenvalue weighted by molar-refractivity contribution is 4.98. The second kappa shape index (κ2) is 3.49. The maximum atomic E-state index is 2.80. The molecule has 1 aliphatic carbocycles. The molecule has 2 saturated heterocycles. The molecule has 0 amide bonds. The molecule has 0 unspecified atom stereocenters. The van der Waals surface area contributed by atoms with Crippen molar-refractivity contribution in [3.05, 3.63) is 0 Å². The standard InChI is InChI=1S/C12H22N2/c1-13-8-11-7-10-5-3-2-4-6-12(10)14(11)9-13/h10-12H,2-9H2,1H3/t10-,11-,12+/m0/s1. The van der Waals surface area contributed by atoms with Crippen LogP contribution in [0.3, 0.4) is 0 Å². The smallest absolute Gasteiger partial charge is 0.0510 e. The number of fused-ring (bicyclic) bond motifs is 3. The first-order valence-corrected chi connectivity index (χ1v) is 6.29. The fourth-order valence-corrected chi connectivity index (χ4v) is 3.93. The van der Waals surface area contributed by atoms with Crippen molar-refractivity contribution in [1.29, 1.82) is 0 Å². The van der Waals surface area contributed by atoms with Crippen molar-refractivity contribution in [2.45, 2.75) is 50.6 Å². The summed E-state index contributed by atoms with van der Waals surface area (Å²) >= 11 is 0. The van der Waals surface area contributed by atoms with Gasteiger partial charge in [-0.05, 0) is 32.2 Å². The zero-order valence-electron chi connectivity index (χ0n) is 9.28. The van der Waals surface area contributed by atoms with Gasteiger partial charge in [0, 0.05) is 18.6 Å². The Bertz CT molecular complexity index is 216. The Morgan fingerprint density at radius 1 is 1.07 bits per heavy atom. The van der Waals surface area contributed by atoms with Gasteiger partial charge < -0.3 is 0 Å². The van der Waals surface area contributed by atoms with Gasteiger partial charge in [-0.2, -0.15) is 0 Å². The zero-order valence-corrected chi connectivity index (χ0v) is 9.28. The molecule has 2 heterocycles. The summed E-state index contributed by atoms with van der Waals surface area (Å²) in [5.74, 6) is 1.05. The van der Waals surface area contributed by atoms with E-state index in [9.17, 15) is 0 Å². The molecular weight excluding hydrogens is 172 g/mol. The van der Waals surface area contributed by atoms with Crippen molar-refractivity contribution >= 4 is 0 Å². The van der Waals surface area contributed by atoms with Crippen molar-refractivity contribution in [2.75, 3.05) is 20.3 Å². The normalized spacial score (nSPS) is 44.8. The summed E-state index contributed by atoms with van der Waals surface area (Å²) in [6.45, 7) is 2.57. The Kier molecular flexibility index (Phi) is 2.29. The van der Waals surface area contributed by atoms with E-state index in [2.05, 4.69) is 16.8 Å². The van der Waals surface area contributed by atoms with Gasteiger partial charge in [-0.25, -0.2) is 0 Å². The Morgan fingerprint density at radius 2 is 1.93 bits per heavy atom. The molecule has 2 aliphatic heterocycles. The van der Waals surface area contributed by atoms with Crippen molar-refractivity contribution in [3.63, 3.8) is 0 Å². The van der Waals surface area contributed by atoms with E-state index in [0.29, 0.717) is 0 Å². The third-order valence-electron chi connectivity index (χ3n) is 4.52. The SMILES string of the molecule is CN1C[C@@H]2C[C@@H]3CCCCC[C@H]3N2C1. The monoisotopic (exact) mass is 194 g/mol. The molecule has 0 aromatic rings. The predicted octanol–water partition coefficient (Wildman–Crippen LogP) is 1.91. The molecule has 3 aliphatic rings. The molecular formula is C12H22N2. The summed E-state index contributed by atoms with van der Waals surface area (Å²) < 4.78 is 0. The number of rotatable bonds is 0. The van der Waals surface area contributed by atoms with Crippen LogP contribution in [0.4, 0.5) is 0 Å². The Balaban J connectivity index is 1.75. The topological polar surface area (TPSA) is 6.48 Å². The third-order valence-corrected chi connectivity index (χ3v) is 4.52. The van der Waals surface area contributed by atoms with Gasteiger partial charge in [-0.3, -0.25) is 9.80 Å². The summed E-state index contributed by atoms with van der Waals surface area (Å²) in [4.78, 5) is 5.29. The highest BCUT2D eigenvalue weighted by atomic mass is 15.4. The number of likely N-dealkylation sites (N-methyl/N-ethyl adjacent to an activating group) is 1. The molecule has 80 valence electrons. The summed E-state index contributed by atoms with van der Waals surface area (Å²) in [6, 6.07) is 1.86. The second-order valence-electron chi connectivity index (χ2n) is 5.55. The molecule has 0 spiro atoms. The molecule has 0 bridgehead atoms. The Morgan fingerprint density at radius 3 is 2.86 bits per heavy atom. The molecule has 0 aromatic heterocycles.